The Kier molecular flexibility index (Phi) is 3.99. The first-order valence-electron chi connectivity index (χ1n) is 7.21. The Morgan fingerprint density at radius 3 is 3.05 bits per heavy atom. The molecule has 0 saturated carbocycles. The molecule has 0 spiro atoms. The molecule has 1 aliphatic rings. The number of anilines is 1. The second kappa shape index (κ2) is 5.88. The molecule has 4 heteroatoms. The summed E-state index contributed by atoms with van der Waals surface area (Å²) in [6, 6.07) is 9.08. The quantitative estimate of drug-likeness (QED) is 0.928. The average Bonchev–Trinajstić information content (AvgIpc) is 2.90. The van der Waals surface area contributed by atoms with Gasteiger partial charge in [-0.2, -0.15) is 4.37 Å². The molecular weight excluding hydrogens is 254 g/mol. The standard InChI is InChI=1S/C15H21N3S/c1-2-18(11-12-7-5-6-10-16-12)15-13-8-3-4-9-14(13)17-19-15/h3-4,8-9,12,16H,2,5-7,10-11H2,1H3. The summed E-state index contributed by atoms with van der Waals surface area (Å²) in [6.07, 6.45) is 3.98. The molecule has 1 aliphatic heterocycles. The minimum Gasteiger partial charge on any atom is -0.360 e. The van der Waals surface area contributed by atoms with E-state index in [-0.39, 0.29) is 0 Å². The van der Waals surface area contributed by atoms with Crippen molar-refractivity contribution in [3.05, 3.63) is 24.3 Å². The minimum absolute atomic E-state index is 0.634. The lowest BCUT2D eigenvalue weighted by molar-refractivity contribution is 0.401. The smallest absolute Gasteiger partial charge is 0.120 e. The zero-order chi connectivity index (χ0) is 13.1. The fourth-order valence-electron chi connectivity index (χ4n) is 2.81. The fraction of sp³-hybridized carbons (Fsp3) is 0.533. The van der Waals surface area contributed by atoms with Crippen LogP contribution in [0.2, 0.25) is 0 Å². The van der Waals surface area contributed by atoms with Crippen molar-refractivity contribution < 1.29 is 0 Å². The Bertz CT molecular complexity index is 531. The van der Waals surface area contributed by atoms with E-state index < -0.39 is 0 Å². The first kappa shape index (κ1) is 12.9. The summed E-state index contributed by atoms with van der Waals surface area (Å²) >= 11 is 1.63. The number of likely N-dealkylation sites (N-methyl/N-ethyl adjacent to an activating group) is 1. The zero-order valence-corrected chi connectivity index (χ0v) is 12.2. The van der Waals surface area contributed by atoms with Crippen LogP contribution < -0.4 is 10.2 Å². The molecule has 1 fully saturated rings. The molecule has 1 unspecified atom stereocenters. The Balaban J connectivity index is 1.81. The SMILES string of the molecule is CCN(CC1CCCCN1)c1snc2ccccc12. The highest BCUT2D eigenvalue weighted by Crippen LogP contribution is 2.31. The predicted molar refractivity (Wildman–Crippen MR) is 83.1 cm³/mol. The van der Waals surface area contributed by atoms with Crippen molar-refractivity contribution in [2.24, 2.45) is 0 Å². The van der Waals surface area contributed by atoms with Crippen LogP contribution in [-0.2, 0) is 0 Å². The molecular formula is C15H21N3S. The van der Waals surface area contributed by atoms with Crippen molar-refractivity contribution in [2.75, 3.05) is 24.5 Å². The van der Waals surface area contributed by atoms with Crippen molar-refractivity contribution in [1.29, 1.82) is 0 Å². The summed E-state index contributed by atoms with van der Waals surface area (Å²) < 4.78 is 4.56. The Morgan fingerprint density at radius 1 is 1.37 bits per heavy atom. The van der Waals surface area contributed by atoms with E-state index in [1.54, 1.807) is 11.5 Å². The third-order valence-corrected chi connectivity index (χ3v) is 4.83. The van der Waals surface area contributed by atoms with Gasteiger partial charge in [0, 0.05) is 24.5 Å². The molecule has 1 aromatic heterocycles. The molecule has 0 bridgehead atoms. The normalized spacial score (nSPS) is 19.7. The molecule has 1 atom stereocenters. The van der Waals surface area contributed by atoms with Crippen LogP contribution >= 0.6 is 11.5 Å². The van der Waals surface area contributed by atoms with Crippen LogP contribution in [0.3, 0.4) is 0 Å². The van der Waals surface area contributed by atoms with Gasteiger partial charge in [-0.1, -0.05) is 18.6 Å². The molecule has 19 heavy (non-hydrogen) atoms. The molecule has 0 radical (unpaired) electrons. The van der Waals surface area contributed by atoms with E-state index in [9.17, 15) is 0 Å². The maximum absolute atomic E-state index is 4.56. The number of rotatable bonds is 4. The fourth-order valence-corrected chi connectivity index (χ4v) is 3.74. The summed E-state index contributed by atoms with van der Waals surface area (Å²) in [5.74, 6) is 0. The third-order valence-electron chi connectivity index (χ3n) is 3.89. The van der Waals surface area contributed by atoms with E-state index in [1.165, 1.54) is 36.2 Å². The van der Waals surface area contributed by atoms with Gasteiger partial charge >= 0.3 is 0 Å². The molecule has 2 heterocycles. The second-order valence-corrected chi connectivity index (χ2v) is 5.94. The molecule has 0 amide bonds. The molecule has 3 nitrogen and oxygen atoms in total. The van der Waals surface area contributed by atoms with Gasteiger partial charge in [-0.3, -0.25) is 0 Å². The maximum atomic E-state index is 4.56. The number of piperidine rings is 1. The number of fused-ring (bicyclic) bond motifs is 1. The van der Waals surface area contributed by atoms with Crippen molar-refractivity contribution in [1.82, 2.24) is 9.69 Å². The minimum atomic E-state index is 0.634. The highest BCUT2D eigenvalue weighted by Gasteiger charge is 2.18. The molecule has 1 aromatic carbocycles. The van der Waals surface area contributed by atoms with Gasteiger partial charge in [0.2, 0.25) is 0 Å². The first-order valence-corrected chi connectivity index (χ1v) is 7.98. The third kappa shape index (κ3) is 2.74. The zero-order valence-electron chi connectivity index (χ0n) is 11.4. The highest BCUT2D eigenvalue weighted by atomic mass is 32.1. The van der Waals surface area contributed by atoms with E-state index in [0.717, 1.165) is 18.6 Å². The number of nitrogens with one attached hydrogen (secondary N) is 1. The van der Waals surface area contributed by atoms with E-state index >= 15 is 0 Å². The number of aromatic nitrogens is 1. The van der Waals surface area contributed by atoms with E-state index in [4.69, 9.17) is 0 Å². The molecule has 0 aliphatic carbocycles. The van der Waals surface area contributed by atoms with Gasteiger partial charge in [-0.15, -0.1) is 0 Å². The van der Waals surface area contributed by atoms with Crippen LogP contribution in [0.25, 0.3) is 10.9 Å². The van der Waals surface area contributed by atoms with Gasteiger partial charge in [-0.25, -0.2) is 0 Å². The Labute approximate surface area is 118 Å². The van der Waals surface area contributed by atoms with Gasteiger partial charge in [-0.05, 0) is 50.0 Å². The summed E-state index contributed by atoms with van der Waals surface area (Å²) in [5, 5.41) is 6.26. The molecule has 3 rings (SSSR count). The second-order valence-electron chi connectivity index (χ2n) is 5.19. The van der Waals surface area contributed by atoms with Gasteiger partial charge in [0.15, 0.2) is 0 Å². The van der Waals surface area contributed by atoms with E-state index in [1.807, 2.05) is 0 Å². The number of hydrogen-bond acceptors (Lipinski definition) is 4. The lowest BCUT2D eigenvalue weighted by atomic mass is 10.0. The highest BCUT2D eigenvalue weighted by molar-refractivity contribution is 7.11. The van der Waals surface area contributed by atoms with Crippen LogP contribution in [0.1, 0.15) is 26.2 Å². The summed E-state index contributed by atoms with van der Waals surface area (Å²) in [5.41, 5.74) is 1.12. The van der Waals surface area contributed by atoms with Crippen molar-refractivity contribution >= 4 is 27.4 Å². The van der Waals surface area contributed by atoms with Crippen LogP contribution in [0, 0.1) is 0 Å². The number of hydrogen-bond donors (Lipinski definition) is 1. The topological polar surface area (TPSA) is 28.2 Å². The van der Waals surface area contributed by atoms with Gasteiger partial charge < -0.3 is 10.2 Å². The molecule has 102 valence electrons. The largest absolute Gasteiger partial charge is 0.360 e. The van der Waals surface area contributed by atoms with Crippen molar-refractivity contribution in [2.45, 2.75) is 32.2 Å². The average molecular weight is 275 g/mol. The van der Waals surface area contributed by atoms with Gasteiger partial charge in [0.05, 0.1) is 5.52 Å². The summed E-state index contributed by atoms with van der Waals surface area (Å²) in [6.45, 7) is 5.55. The van der Waals surface area contributed by atoms with E-state index in [2.05, 4.69) is 45.8 Å². The number of benzene rings is 1. The Morgan fingerprint density at radius 2 is 2.26 bits per heavy atom. The summed E-state index contributed by atoms with van der Waals surface area (Å²) in [4.78, 5) is 2.48. The number of nitrogens with zero attached hydrogens (tertiary/aromatic N) is 2. The predicted octanol–water partition coefficient (Wildman–Crippen LogP) is 3.26. The monoisotopic (exact) mass is 275 g/mol. The molecule has 1 N–H and O–H groups in total. The van der Waals surface area contributed by atoms with Gasteiger partial charge in [0.25, 0.3) is 0 Å². The molecule has 1 saturated heterocycles. The maximum Gasteiger partial charge on any atom is 0.120 e. The molecule has 2 aromatic rings. The van der Waals surface area contributed by atoms with Crippen molar-refractivity contribution in [3.8, 4) is 0 Å². The van der Waals surface area contributed by atoms with Crippen LogP contribution in [-0.4, -0.2) is 30.0 Å². The van der Waals surface area contributed by atoms with Crippen molar-refractivity contribution in [3.63, 3.8) is 0 Å². The lowest BCUT2D eigenvalue weighted by Crippen LogP contribution is -2.43. The van der Waals surface area contributed by atoms with Crippen LogP contribution in [0.4, 0.5) is 5.00 Å². The lowest BCUT2D eigenvalue weighted by Gasteiger charge is -2.30. The van der Waals surface area contributed by atoms with Crippen LogP contribution in [0.5, 0.6) is 0 Å². The van der Waals surface area contributed by atoms with Crippen LogP contribution in [0.15, 0.2) is 24.3 Å². The Hall–Kier alpha value is -1.13. The summed E-state index contributed by atoms with van der Waals surface area (Å²) in [7, 11) is 0. The van der Waals surface area contributed by atoms with Gasteiger partial charge in [0.1, 0.15) is 5.00 Å². The first-order chi connectivity index (χ1) is 9.38. The van der Waals surface area contributed by atoms with E-state index in [0.29, 0.717) is 6.04 Å².